The van der Waals surface area contributed by atoms with E-state index in [2.05, 4.69) is 35.9 Å². The van der Waals surface area contributed by atoms with E-state index in [1.165, 1.54) is 12.4 Å². The van der Waals surface area contributed by atoms with Crippen molar-refractivity contribution in [3.63, 3.8) is 0 Å². The van der Waals surface area contributed by atoms with Crippen LogP contribution in [0.2, 0.25) is 0 Å². The Hall–Kier alpha value is -1.40. The topological polar surface area (TPSA) is 71.8 Å². The van der Waals surface area contributed by atoms with E-state index in [0.717, 1.165) is 11.1 Å². The van der Waals surface area contributed by atoms with E-state index >= 15 is 0 Å². The number of alkyl halides is 1. The van der Waals surface area contributed by atoms with Gasteiger partial charge in [-0.2, -0.15) is 0 Å². The molecule has 2 aromatic heterocycles. The van der Waals surface area contributed by atoms with E-state index in [1.807, 2.05) is 6.92 Å². The van der Waals surface area contributed by atoms with Crippen molar-refractivity contribution in [3.8, 4) is 0 Å². The number of aryl methyl sites for hydroxylation is 2. The number of hydrogen-bond acceptors (Lipinski definition) is 5. The lowest BCUT2D eigenvalue weighted by atomic mass is 10.4. The lowest BCUT2D eigenvalue weighted by Gasteiger charge is -1.92. The van der Waals surface area contributed by atoms with Crippen molar-refractivity contribution >= 4 is 15.9 Å². The van der Waals surface area contributed by atoms with Crippen molar-refractivity contribution in [1.29, 1.82) is 0 Å². The lowest BCUT2D eigenvalue weighted by Crippen LogP contribution is -1.92. The Labute approximate surface area is 120 Å². The highest BCUT2D eigenvalue weighted by molar-refractivity contribution is 9.08. The van der Waals surface area contributed by atoms with Gasteiger partial charge < -0.3 is 5.11 Å². The highest BCUT2D eigenvalue weighted by Crippen LogP contribution is 1.97. The molecule has 1 N–H and O–H groups in total. The van der Waals surface area contributed by atoms with Gasteiger partial charge in [0.2, 0.25) is 0 Å². The molecule has 0 atom stereocenters. The first-order valence-electron chi connectivity index (χ1n) is 6.99. The van der Waals surface area contributed by atoms with Crippen molar-refractivity contribution in [2.24, 2.45) is 0 Å². The molecule has 0 aliphatic rings. The summed E-state index contributed by atoms with van der Waals surface area (Å²) in [6.45, 7) is 1.21. The van der Waals surface area contributed by atoms with Gasteiger partial charge in [0.05, 0.1) is 8.02 Å². The highest BCUT2D eigenvalue weighted by Gasteiger charge is 1.89. The van der Waals surface area contributed by atoms with E-state index in [9.17, 15) is 0 Å². The maximum absolute atomic E-state index is 8.79. The Morgan fingerprint density at radius 2 is 1.39 bits per heavy atom. The number of aliphatic hydroxyl groups is 1. The molecule has 0 aliphatic heterocycles. The minimum Gasteiger partial charge on any atom is -0.388 e. The van der Waals surface area contributed by atoms with Gasteiger partial charge in [-0.25, -0.2) is 19.9 Å². The van der Waals surface area contributed by atoms with Crippen molar-refractivity contribution in [1.82, 2.24) is 19.9 Å². The molecule has 2 heterocycles. The fourth-order valence-electron chi connectivity index (χ4n) is 0.892. The van der Waals surface area contributed by atoms with Gasteiger partial charge in [0.25, 0.3) is 0 Å². The number of halogens is 1. The minimum absolute atomic E-state index is 0.156. The summed E-state index contributed by atoms with van der Waals surface area (Å²) in [6.07, 6.45) is 6.08. The van der Waals surface area contributed by atoms with Crippen LogP contribution < -0.4 is 0 Å². The zero-order chi connectivity index (χ0) is 17.0. The molecular formula is C12H15BrN4O. The Bertz CT molecular complexity index is 541. The second-order valence-corrected chi connectivity index (χ2v) is 3.77. The Morgan fingerprint density at radius 1 is 1.00 bits per heavy atom. The second kappa shape index (κ2) is 7.84. The molecule has 0 aromatic carbocycles. The van der Waals surface area contributed by atoms with Crippen LogP contribution in [0, 0.1) is 13.8 Å². The summed E-state index contributed by atoms with van der Waals surface area (Å²) >= 11 is 2.82. The van der Waals surface area contributed by atoms with Gasteiger partial charge in [0, 0.05) is 27.5 Å². The molecule has 2 rings (SSSR count). The number of nitrogens with zero attached hydrogens (tertiary/aromatic N) is 4. The molecule has 0 radical (unpaired) electrons. The Morgan fingerprint density at radius 3 is 1.72 bits per heavy atom. The van der Waals surface area contributed by atoms with Crippen molar-refractivity contribution in [2.45, 2.75) is 25.7 Å². The minimum atomic E-state index is -2.44. The van der Waals surface area contributed by atoms with Crippen molar-refractivity contribution in [3.05, 3.63) is 47.6 Å². The van der Waals surface area contributed by atoms with Crippen LogP contribution in [0.15, 0.2) is 24.8 Å². The molecule has 0 amide bonds. The zero-order valence-corrected chi connectivity index (χ0v) is 11.5. The van der Waals surface area contributed by atoms with Crippen LogP contribution in [0.5, 0.6) is 0 Å². The fraction of sp³-hybridized carbons (Fsp3) is 0.333. The third-order valence-electron chi connectivity index (χ3n) is 1.75. The van der Waals surface area contributed by atoms with Gasteiger partial charge in [-0.1, -0.05) is 15.9 Å². The zero-order valence-electron chi connectivity index (χ0n) is 13.9. The van der Waals surface area contributed by atoms with Gasteiger partial charge in [0.15, 0.2) is 5.82 Å². The molecular weight excluding hydrogens is 296 g/mol. The maximum atomic E-state index is 8.79. The normalized spacial score (nSPS) is 14.4. The summed E-state index contributed by atoms with van der Waals surface area (Å²) in [5.41, 5.74) is 1.75. The number of aromatic nitrogens is 4. The van der Waals surface area contributed by atoms with Gasteiger partial charge >= 0.3 is 0 Å². The molecule has 0 saturated carbocycles. The van der Waals surface area contributed by atoms with Crippen LogP contribution in [0.25, 0.3) is 0 Å². The summed E-state index contributed by atoms with van der Waals surface area (Å²) < 4.78 is 28.1. The fourth-order valence-corrected chi connectivity index (χ4v) is 1.10. The largest absolute Gasteiger partial charge is 0.388 e. The predicted octanol–water partition coefficient (Wildman–Crippen LogP) is 1.96. The van der Waals surface area contributed by atoms with Gasteiger partial charge in [-0.15, -0.1) is 0 Å². The van der Waals surface area contributed by atoms with E-state index in [-0.39, 0.29) is 11.6 Å². The Balaban J connectivity index is 0.000000220. The molecule has 0 aliphatic carbocycles. The van der Waals surface area contributed by atoms with E-state index < -0.39 is 11.8 Å². The van der Waals surface area contributed by atoms with E-state index in [1.54, 1.807) is 19.3 Å². The quantitative estimate of drug-likeness (QED) is 0.858. The number of rotatable bonds is 2. The molecule has 18 heavy (non-hydrogen) atoms. The second-order valence-electron chi connectivity index (χ2n) is 3.37. The van der Waals surface area contributed by atoms with Gasteiger partial charge in [0.1, 0.15) is 12.4 Å². The van der Waals surface area contributed by atoms with Gasteiger partial charge in [-0.05, 0) is 25.0 Å². The maximum Gasteiger partial charge on any atom is 0.153 e. The molecule has 0 spiro atoms. The molecule has 0 bridgehead atoms. The average molecular weight is 315 g/mol. The van der Waals surface area contributed by atoms with E-state index in [0.29, 0.717) is 0 Å². The standard InChI is InChI=1S/C6H7BrN2.C6H8N2O/c1-5-3-8-6(2-7)9-4-5;1-5-2-7-6(4-9)8-3-5/h3-4H,2H2,1H3;2-3,9H,4H2,1H3/i2D2;4D2. The van der Waals surface area contributed by atoms with Crippen LogP contribution in [-0.2, 0) is 11.8 Å². The van der Waals surface area contributed by atoms with Crippen LogP contribution in [0.1, 0.15) is 28.3 Å². The summed E-state index contributed by atoms with van der Waals surface area (Å²) in [6, 6.07) is 0. The predicted molar refractivity (Wildman–Crippen MR) is 72.1 cm³/mol. The monoisotopic (exact) mass is 314 g/mol. The third-order valence-corrected chi connectivity index (χ3v) is 2.10. The molecule has 2 aromatic rings. The SMILES string of the molecule is [2H]C([2H])(Br)c1ncc(C)cn1.[2H]C([2H])(O)c1ncc(C)cn1. The van der Waals surface area contributed by atoms with Crippen molar-refractivity contribution in [2.75, 3.05) is 0 Å². The summed E-state index contributed by atoms with van der Waals surface area (Å²) in [5, 5.41) is 7.16. The van der Waals surface area contributed by atoms with Crippen LogP contribution >= 0.6 is 15.9 Å². The molecule has 96 valence electrons. The molecule has 5 nitrogen and oxygen atoms in total. The number of hydrogen-bond donors (Lipinski definition) is 1. The first-order valence-corrected chi connectivity index (χ1v) is 5.79. The molecule has 6 heteroatoms. The molecule has 0 saturated heterocycles. The van der Waals surface area contributed by atoms with Crippen LogP contribution in [0.4, 0.5) is 0 Å². The lowest BCUT2D eigenvalue weighted by molar-refractivity contribution is 0.271. The Kier molecular flexibility index (Phi) is 4.14. The smallest absolute Gasteiger partial charge is 0.153 e. The first-order chi connectivity index (χ1) is 10.00. The summed E-state index contributed by atoms with van der Waals surface area (Å²) in [5.74, 6) is -0.0498. The molecule has 0 unspecified atom stereocenters. The van der Waals surface area contributed by atoms with Crippen LogP contribution in [0.3, 0.4) is 0 Å². The first kappa shape index (κ1) is 9.52. The van der Waals surface area contributed by atoms with Crippen LogP contribution in [-0.4, -0.2) is 25.0 Å². The summed E-state index contributed by atoms with van der Waals surface area (Å²) in [7, 11) is 0. The van der Waals surface area contributed by atoms with Gasteiger partial charge in [-0.3, -0.25) is 0 Å². The summed E-state index contributed by atoms with van der Waals surface area (Å²) in [4.78, 5) is 14.9. The molecule has 0 fully saturated rings. The highest BCUT2D eigenvalue weighted by atomic mass is 79.9. The average Bonchev–Trinajstić information content (AvgIpc) is 2.38. The third kappa shape index (κ3) is 5.29. The van der Waals surface area contributed by atoms with E-state index in [4.69, 9.17) is 10.6 Å². The van der Waals surface area contributed by atoms with Crippen molar-refractivity contribution < 1.29 is 10.6 Å².